The van der Waals surface area contributed by atoms with Crippen molar-refractivity contribution in [1.29, 1.82) is 0 Å². The Morgan fingerprint density at radius 2 is 1.68 bits per heavy atom. The molecular weight excluding hydrogens is 336 g/mol. The minimum absolute atomic E-state index is 0.0727. The molecule has 25 heavy (non-hydrogen) atoms. The summed E-state index contributed by atoms with van der Waals surface area (Å²) in [6.45, 7) is 2.14. The van der Waals surface area contributed by atoms with Crippen LogP contribution < -0.4 is 10.2 Å². The van der Waals surface area contributed by atoms with E-state index in [1.807, 2.05) is 48.5 Å². The Bertz CT molecular complexity index is 774. The van der Waals surface area contributed by atoms with Crippen molar-refractivity contribution in [3.63, 3.8) is 0 Å². The van der Waals surface area contributed by atoms with Gasteiger partial charge in [0.15, 0.2) is 0 Å². The maximum absolute atomic E-state index is 12.8. The lowest BCUT2D eigenvalue weighted by Crippen LogP contribution is -2.35. The molecule has 0 atom stereocenters. The molecule has 6 heteroatoms. The van der Waals surface area contributed by atoms with Gasteiger partial charge in [-0.3, -0.25) is 9.69 Å². The highest BCUT2D eigenvalue weighted by Crippen LogP contribution is 2.47. The third-order valence-corrected chi connectivity index (χ3v) is 4.69. The first kappa shape index (κ1) is 17.1. The van der Waals surface area contributed by atoms with Crippen LogP contribution in [-0.4, -0.2) is 25.0 Å². The summed E-state index contributed by atoms with van der Waals surface area (Å²) in [5.74, 6) is -0.541. The highest BCUT2D eigenvalue weighted by molar-refractivity contribution is 7.99. The van der Waals surface area contributed by atoms with Crippen molar-refractivity contribution in [1.82, 2.24) is 5.32 Å². The van der Waals surface area contributed by atoms with E-state index in [1.54, 1.807) is 23.6 Å². The molecule has 0 radical (unpaired) electrons. The maximum atomic E-state index is 12.8. The summed E-state index contributed by atoms with van der Waals surface area (Å²) in [5.41, 5.74) is 1.74. The van der Waals surface area contributed by atoms with Crippen LogP contribution >= 0.6 is 11.8 Å². The minimum Gasteiger partial charge on any atom is -0.463 e. The number of nitrogens with one attached hydrogen (secondary N) is 1. The number of ether oxygens (including phenoxy) is 1. The van der Waals surface area contributed by atoms with Gasteiger partial charge in [0.2, 0.25) is 0 Å². The van der Waals surface area contributed by atoms with Gasteiger partial charge < -0.3 is 10.1 Å². The lowest BCUT2D eigenvalue weighted by atomic mass is 10.2. The number of esters is 1. The Labute approximate surface area is 150 Å². The lowest BCUT2D eigenvalue weighted by Gasteiger charge is -2.31. The largest absolute Gasteiger partial charge is 0.463 e. The maximum Gasteiger partial charge on any atom is 0.332 e. The zero-order valence-electron chi connectivity index (χ0n) is 13.8. The van der Waals surface area contributed by atoms with Crippen molar-refractivity contribution in [3.8, 4) is 0 Å². The first-order chi connectivity index (χ1) is 12.2. The third kappa shape index (κ3) is 3.85. The van der Waals surface area contributed by atoms with Crippen LogP contribution in [0.15, 0.2) is 70.6 Å². The van der Waals surface area contributed by atoms with Crippen molar-refractivity contribution in [2.45, 2.75) is 16.7 Å². The minimum atomic E-state index is -0.437. The molecule has 0 bridgehead atoms. The number of para-hydroxylation sites is 2. The van der Waals surface area contributed by atoms with Gasteiger partial charge in [-0.05, 0) is 31.2 Å². The van der Waals surface area contributed by atoms with Gasteiger partial charge in [-0.25, -0.2) is 4.79 Å². The number of anilines is 2. The second kappa shape index (κ2) is 7.90. The van der Waals surface area contributed by atoms with Crippen LogP contribution in [0.5, 0.6) is 0 Å². The molecule has 2 aromatic rings. The SMILES string of the molecule is CCOC(=O)/C=C/NCC(=O)N1c2ccccc2Sc2ccccc21. The number of carbonyl (C=O) groups excluding carboxylic acids is 2. The average molecular weight is 354 g/mol. The normalized spacial score (nSPS) is 12.4. The number of hydrogen-bond donors (Lipinski definition) is 1. The summed E-state index contributed by atoms with van der Waals surface area (Å²) in [6, 6.07) is 15.6. The van der Waals surface area contributed by atoms with Crippen LogP contribution in [0.4, 0.5) is 11.4 Å². The first-order valence-electron chi connectivity index (χ1n) is 7.96. The predicted molar refractivity (Wildman–Crippen MR) is 97.9 cm³/mol. The van der Waals surface area contributed by atoms with Crippen molar-refractivity contribution in [2.24, 2.45) is 0 Å². The van der Waals surface area contributed by atoms with Gasteiger partial charge in [-0.1, -0.05) is 36.0 Å². The molecule has 3 rings (SSSR count). The van der Waals surface area contributed by atoms with Crippen LogP contribution in [0.1, 0.15) is 6.92 Å². The summed E-state index contributed by atoms with van der Waals surface area (Å²) in [4.78, 5) is 27.9. The number of benzene rings is 2. The Morgan fingerprint density at radius 3 is 2.28 bits per heavy atom. The van der Waals surface area contributed by atoms with E-state index in [2.05, 4.69) is 5.32 Å². The molecule has 1 N–H and O–H groups in total. The molecule has 5 nitrogen and oxygen atoms in total. The van der Waals surface area contributed by atoms with Gasteiger partial charge in [0.25, 0.3) is 5.91 Å². The molecule has 0 aromatic heterocycles. The van der Waals surface area contributed by atoms with Crippen LogP contribution in [0.2, 0.25) is 0 Å². The van der Waals surface area contributed by atoms with Gasteiger partial charge in [0.1, 0.15) is 0 Å². The zero-order valence-corrected chi connectivity index (χ0v) is 14.6. The fraction of sp³-hybridized carbons (Fsp3) is 0.158. The van der Waals surface area contributed by atoms with Crippen LogP contribution in [0, 0.1) is 0 Å². The lowest BCUT2D eigenvalue weighted by molar-refractivity contribution is -0.137. The van der Waals surface area contributed by atoms with E-state index in [0.717, 1.165) is 21.2 Å². The van der Waals surface area contributed by atoms with E-state index in [9.17, 15) is 9.59 Å². The first-order valence-corrected chi connectivity index (χ1v) is 8.78. The number of hydrogen-bond acceptors (Lipinski definition) is 5. The number of rotatable bonds is 5. The fourth-order valence-electron chi connectivity index (χ4n) is 2.52. The number of fused-ring (bicyclic) bond motifs is 2. The van der Waals surface area contributed by atoms with Crippen LogP contribution in [0.25, 0.3) is 0 Å². The van der Waals surface area contributed by atoms with Gasteiger partial charge in [-0.2, -0.15) is 0 Å². The quantitative estimate of drug-likeness (QED) is 0.658. The van der Waals surface area contributed by atoms with E-state index >= 15 is 0 Å². The van der Waals surface area contributed by atoms with Crippen LogP contribution in [0.3, 0.4) is 0 Å². The molecule has 0 saturated heterocycles. The molecule has 0 saturated carbocycles. The van der Waals surface area contributed by atoms with Crippen molar-refractivity contribution >= 4 is 35.0 Å². The molecule has 1 heterocycles. The predicted octanol–water partition coefficient (Wildman–Crippen LogP) is 3.48. The fourth-order valence-corrected chi connectivity index (χ4v) is 3.57. The van der Waals surface area contributed by atoms with Gasteiger partial charge >= 0.3 is 5.97 Å². The standard InChI is InChI=1S/C19H18N2O3S/c1-2-24-19(23)11-12-20-13-18(22)21-14-7-3-5-9-16(14)25-17-10-6-4-8-15(17)21/h3-12,20H,2,13H2,1H3/b12-11+. The molecule has 128 valence electrons. The highest BCUT2D eigenvalue weighted by Gasteiger charge is 2.27. The van der Waals surface area contributed by atoms with E-state index in [4.69, 9.17) is 4.74 Å². The molecular formula is C19H18N2O3S. The molecule has 0 spiro atoms. The third-order valence-electron chi connectivity index (χ3n) is 3.56. The second-order valence-electron chi connectivity index (χ2n) is 5.23. The van der Waals surface area contributed by atoms with Crippen molar-refractivity contribution in [2.75, 3.05) is 18.1 Å². The topological polar surface area (TPSA) is 58.6 Å². The molecule has 0 aliphatic carbocycles. The van der Waals surface area contributed by atoms with Crippen molar-refractivity contribution in [3.05, 3.63) is 60.8 Å². The van der Waals surface area contributed by atoms with E-state index in [-0.39, 0.29) is 12.5 Å². The Kier molecular flexibility index (Phi) is 5.40. The van der Waals surface area contributed by atoms with E-state index < -0.39 is 5.97 Å². The number of carbonyl (C=O) groups is 2. The van der Waals surface area contributed by atoms with E-state index in [0.29, 0.717) is 6.61 Å². The molecule has 1 aliphatic heterocycles. The number of amides is 1. The monoisotopic (exact) mass is 354 g/mol. The van der Waals surface area contributed by atoms with Crippen LogP contribution in [-0.2, 0) is 14.3 Å². The summed E-state index contributed by atoms with van der Waals surface area (Å²) >= 11 is 1.65. The second-order valence-corrected chi connectivity index (χ2v) is 6.32. The molecule has 2 aromatic carbocycles. The average Bonchev–Trinajstić information content (AvgIpc) is 2.63. The number of nitrogens with zero attached hydrogens (tertiary/aromatic N) is 1. The summed E-state index contributed by atoms with van der Waals surface area (Å²) in [6.07, 6.45) is 2.71. The zero-order chi connectivity index (χ0) is 17.6. The highest BCUT2D eigenvalue weighted by atomic mass is 32.2. The summed E-state index contributed by atoms with van der Waals surface area (Å²) < 4.78 is 4.79. The Hall–Kier alpha value is -2.73. The van der Waals surface area contributed by atoms with Gasteiger partial charge in [0, 0.05) is 22.1 Å². The van der Waals surface area contributed by atoms with E-state index in [1.165, 1.54) is 12.3 Å². The molecule has 0 fully saturated rings. The van der Waals surface area contributed by atoms with Gasteiger partial charge in [0.05, 0.1) is 24.5 Å². The molecule has 0 unspecified atom stereocenters. The summed E-state index contributed by atoms with van der Waals surface area (Å²) in [7, 11) is 0. The molecule has 1 aliphatic rings. The van der Waals surface area contributed by atoms with Gasteiger partial charge in [-0.15, -0.1) is 0 Å². The smallest absolute Gasteiger partial charge is 0.332 e. The van der Waals surface area contributed by atoms with Crippen molar-refractivity contribution < 1.29 is 14.3 Å². The Balaban J connectivity index is 1.77. The Morgan fingerprint density at radius 1 is 1.08 bits per heavy atom. The molecule has 1 amide bonds. The summed E-state index contributed by atoms with van der Waals surface area (Å²) in [5, 5.41) is 2.85.